The highest BCUT2D eigenvalue weighted by atomic mass is 32.1. The van der Waals surface area contributed by atoms with Crippen LogP contribution in [0.15, 0.2) is 48.5 Å². The summed E-state index contributed by atoms with van der Waals surface area (Å²) in [5, 5.41) is 8.39. The Morgan fingerprint density at radius 3 is 2.42 bits per heavy atom. The van der Waals surface area contributed by atoms with Gasteiger partial charge in [-0.05, 0) is 37.3 Å². The summed E-state index contributed by atoms with van der Waals surface area (Å²) in [5.41, 5.74) is 2.41. The highest BCUT2D eigenvalue weighted by Crippen LogP contribution is 2.28. The molecule has 3 aromatic rings. The first kappa shape index (κ1) is 22.1. The Kier molecular flexibility index (Phi) is 7.09. The van der Waals surface area contributed by atoms with E-state index < -0.39 is 11.8 Å². The fraction of sp³-hybridized carbons (Fsp3) is 0.182. The molecule has 3 amide bonds. The van der Waals surface area contributed by atoms with Gasteiger partial charge in [0.25, 0.3) is 0 Å². The molecule has 0 aliphatic rings. The van der Waals surface area contributed by atoms with E-state index in [1.807, 2.05) is 6.92 Å². The van der Waals surface area contributed by atoms with Crippen molar-refractivity contribution in [3.63, 3.8) is 0 Å². The van der Waals surface area contributed by atoms with Crippen LogP contribution in [-0.4, -0.2) is 29.3 Å². The molecule has 0 aliphatic heterocycles. The molecule has 0 aliphatic carbocycles. The lowest BCUT2D eigenvalue weighted by Crippen LogP contribution is -2.36. The number of carbonyl (C=O) groups is 3. The van der Waals surface area contributed by atoms with Gasteiger partial charge in [0.1, 0.15) is 10.8 Å². The fourth-order valence-corrected chi connectivity index (χ4v) is 3.90. The number of amides is 3. The van der Waals surface area contributed by atoms with Crippen LogP contribution in [0.1, 0.15) is 17.5 Å². The van der Waals surface area contributed by atoms with Crippen LogP contribution in [-0.2, 0) is 20.8 Å². The number of carbonyl (C=O) groups excluding carboxylic acids is 3. The van der Waals surface area contributed by atoms with Gasteiger partial charge < -0.3 is 16.0 Å². The first-order chi connectivity index (χ1) is 14.8. The minimum atomic E-state index is -0.804. The quantitative estimate of drug-likeness (QED) is 0.511. The molecule has 0 unspecified atom stereocenters. The number of rotatable bonds is 6. The summed E-state index contributed by atoms with van der Waals surface area (Å²) in [6.45, 7) is 3.49. The number of benzene rings is 2. The summed E-state index contributed by atoms with van der Waals surface area (Å²) in [6.07, 6.45) is 0.496. The molecule has 3 N–H and O–H groups in total. The van der Waals surface area contributed by atoms with Crippen LogP contribution in [0.25, 0.3) is 10.6 Å². The molecule has 0 bridgehead atoms. The molecule has 0 fully saturated rings. The lowest BCUT2D eigenvalue weighted by Gasteiger charge is -2.08. The van der Waals surface area contributed by atoms with Gasteiger partial charge in [0.05, 0.1) is 5.69 Å². The molecule has 0 saturated carbocycles. The second-order valence-corrected chi connectivity index (χ2v) is 7.84. The smallest absolute Gasteiger partial charge is 0.313 e. The largest absolute Gasteiger partial charge is 0.347 e. The van der Waals surface area contributed by atoms with Crippen molar-refractivity contribution in [2.45, 2.75) is 20.3 Å². The average Bonchev–Trinajstić information content (AvgIpc) is 3.08. The maximum absolute atomic E-state index is 13.4. The average molecular weight is 441 g/mol. The van der Waals surface area contributed by atoms with Crippen molar-refractivity contribution >= 4 is 40.4 Å². The maximum Gasteiger partial charge on any atom is 0.313 e. The van der Waals surface area contributed by atoms with E-state index >= 15 is 0 Å². The second-order valence-electron chi connectivity index (χ2n) is 6.76. The van der Waals surface area contributed by atoms with Gasteiger partial charge in [-0.2, -0.15) is 0 Å². The molecule has 31 heavy (non-hydrogen) atoms. The van der Waals surface area contributed by atoms with Crippen molar-refractivity contribution in [3.05, 3.63) is 64.9 Å². The van der Waals surface area contributed by atoms with E-state index in [9.17, 15) is 18.8 Å². The van der Waals surface area contributed by atoms with Gasteiger partial charge in [0.15, 0.2) is 0 Å². The summed E-state index contributed by atoms with van der Waals surface area (Å²) in [6, 6.07) is 12.7. The summed E-state index contributed by atoms with van der Waals surface area (Å²) in [4.78, 5) is 40.8. The number of nitrogens with one attached hydrogen (secondary N) is 3. The molecule has 1 heterocycles. The summed E-state index contributed by atoms with van der Waals surface area (Å²) in [5.74, 6) is -2.13. The van der Waals surface area contributed by atoms with Crippen molar-refractivity contribution in [3.8, 4) is 10.6 Å². The van der Waals surface area contributed by atoms with E-state index in [1.165, 1.54) is 30.4 Å². The standard InChI is InChI=1S/C22H21FN4O3S/c1-13-19(31-22(25-13)15-5-3-6-16(23)11-15)9-10-24-20(29)21(30)27-18-8-4-7-17(12-18)26-14(2)28/h3-8,11-12H,9-10H2,1-2H3,(H,24,29)(H,26,28)(H,27,30). The van der Waals surface area contributed by atoms with E-state index in [1.54, 1.807) is 36.4 Å². The van der Waals surface area contributed by atoms with Gasteiger partial charge in [0, 0.05) is 41.7 Å². The van der Waals surface area contributed by atoms with E-state index in [0.717, 1.165) is 10.6 Å². The number of hydrogen-bond donors (Lipinski definition) is 3. The predicted molar refractivity (Wildman–Crippen MR) is 118 cm³/mol. The van der Waals surface area contributed by atoms with Crippen LogP contribution in [0.2, 0.25) is 0 Å². The molecular weight excluding hydrogens is 419 g/mol. The van der Waals surface area contributed by atoms with Crippen LogP contribution in [0.3, 0.4) is 0 Å². The summed E-state index contributed by atoms with van der Waals surface area (Å²) >= 11 is 1.43. The number of halogens is 1. The Labute approximate surface area is 182 Å². The minimum absolute atomic E-state index is 0.236. The Morgan fingerprint density at radius 1 is 1.00 bits per heavy atom. The van der Waals surface area contributed by atoms with Gasteiger partial charge in [-0.1, -0.05) is 18.2 Å². The number of nitrogens with zero attached hydrogens (tertiary/aromatic N) is 1. The van der Waals surface area contributed by atoms with Gasteiger partial charge in [0.2, 0.25) is 5.91 Å². The molecule has 0 saturated heterocycles. The fourth-order valence-electron chi connectivity index (χ4n) is 2.84. The van der Waals surface area contributed by atoms with Crippen molar-refractivity contribution in [2.24, 2.45) is 0 Å². The van der Waals surface area contributed by atoms with Crippen LogP contribution in [0.5, 0.6) is 0 Å². The SMILES string of the molecule is CC(=O)Nc1cccc(NC(=O)C(=O)NCCc2sc(-c3cccc(F)c3)nc2C)c1. The van der Waals surface area contributed by atoms with E-state index in [4.69, 9.17) is 0 Å². The Balaban J connectivity index is 1.53. The third-order valence-corrected chi connectivity index (χ3v) is 5.52. The first-order valence-electron chi connectivity index (χ1n) is 9.51. The number of hydrogen-bond acceptors (Lipinski definition) is 5. The van der Waals surface area contributed by atoms with Crippen molar-refractivity contribution < 1.29 is 18.8 Å². The van der Waals surface area contributed by atoms with Gasteiger partial charge in [-0.15, -0.1) is 11.3 Å². The minimum Gasteiger partial charge on any atom is -0.347 e. The Hall–Kier alpha value is -3.59. The molecule has 160 valence electrons. The molecule has 2 aromatic carbocycles. The summed E-state index contributed by atoms with van der Waals surface area (Å²) < 4.78 is 13.4. The zero-order chi connectivity index (χ0) is 22.4. The molecule has 9 heteroatoms. The number of aromatic nitrogens is 1. The Bertz CT molecular complexity index is 1130. The molecule has 3 rings (SSSR count). The zero-order valence-corrected chi connectivity index (χ0v) is 17.8. The monoisotopic (exact) mass is 440 g/mol. The molecule has 0 spiro atoms. The van der Waals surface area contributed by atoms with Crippen LogP contribution in [0.4, 0.5) is 15.8 Å². The predicted octanol–water partition coefficient (Wildman–Crippen LogP) is 3.51. The van der Waals surface area contributed by atoms with Gasteiger partial charge in [-0.3, -0.25) is 14.4 Å². The summed E-state index contributed by atoms with van der Waals surface area (Å²) in [7, 11) is 0. The zero-order valence-electron chi connectivity index (χ0n) is 17.0. The van der Waals surface area contributed by atoms with E-state index in [-0.39, 0.29) is 18.3 Å². The molecule has 0 radical (unpaired) electrons. The first-order valence-corrected chi connectivity index (χ1v) is 10.3. The van der Waals surface area contributed by atoms with Gasteiger partial charge >= 0.3 is 11.8 Å². The number of anilines is 2. The molecule has 7 nitrogen and oxygen atoms in total. The highest BCUT2D eigenvalue weighted by Gasteiger charge is 2.15. The third kappa shape index (κ3) is 6.19. The highest BCUT2D eigenvalue weighted by molar-refractivity contribution is 7.15. The van der Waals surface area contributed by atoms with E-state index in [0.29, 0.717) is 28.4 Å². The molecule has 1 aromatic heterocycles. The lowest BCUT2D eigenvalue weighted by molar-refractivity contribution is -0.136. The van der Waals surface area contributed by atoms with Crippen LogP contribution < -0.4 is 16.0 Å². The lowest BCUT2D eigenvalue weighted by atomic mass is 10.2. The van der Waals surface area contributed by atoms with Crippen molar-refractivity contribution in [1.82, 2.24) is 10.3 Å². The van der Waals surface area contributed by atoms with Crippen LogP contribution in [0, 0.1) is 12.7 Å². The molecule has 0 atom stereocenters. The normalized spacial score (nSPS) is 10.4. The number of aryl methyl sites for hydroxylation is 1. The van der Waals surface area contributed by atoms with Crippen molar-refractivity contribution in [2.75, 3.05) is 17.2 Å². The van der Waals surface area contributed by atoms with Crippen LogP contribution >= 0.6 is 11.3 Å². The topological polar surface area (TPSA) is 100 Å². The Morgan fingerprint density at radius 2 is 1.71 bits per heavy atom. The maximum atomic E-state index is 13.4. The second kappa shape index (κ2) is 9.94. The number of thiazole rings is 1. The van der Waals surface area contributed by atoms with Crippen molar-refractivity contribution in [1.29, 1.82) is 0 Å². The van der Waals surface area contributed by atoms with Gasteiger partial charge in [-0.25, -0.2) is 9.37 Å². The third-order valence-electron chi connectivity index (χ3n) is 4.25. The molecular formula is C22H21FN4O3S. The van der Waals surface area contributed by atoms with E-state index in [2.05, 4.69) is 20.9 Å².